The van der Waals surface area contributed by atoms with E-state index < -0.39 is 0 Å². The van der Waals surface area contributed by atoms with E-state index >= 15 is 0 Å². The Morgan fingerprint density at radius 1 is 1.11 bits per heavy atom. The molecular formula is C28H31N7O3. The minimum absolute atomic E-state index is 0.123. The minimum Gasteiger partial charge on any atom is -0.361 e. The second-order valence-electron chi connectivity index (χ2n) is 10.2. The summed E-state index contributed by atoms with van der Waals surface area (Å²) in [6.07, 6.45) is 9.79. The molecule has 1 atom stereocenters. The number of fused-ring (bicyclic) bond motifs is 3. The molecule has 0 aromatic carbocycles. The Bertz CT molecular complexity index is 1550. The summed E-state index contributed by atoms with van der Waals surface area (Å²) >= 11 is 0. The van der Waals surface area contributed by atoms with E-state index in [1.54, 1.807) is 36.5 Å². The first-order chi connectivity index (χ1) is 18.4. The molecule has 196 valence electrons. The fraction of sp³-hybridized carbons (Fsp3) is 0.357. The van der Waals surface area contributed by atoms with Crippen molar-refractivity contribution in [3.63, 3.8) is 0 Å². The van der Waals surface area contributed by atoms with Crippen LogP contribution in [0.4, 0.5) is 11.5 Å². The van der Waals surface area contributed by atoms with Crippen molar-refractivity contribution in [2.45, 2.75) is 45.3 Å². The van der Waals surface area contributed by atoms with Gasteiger partial charge in [-0.2, -0.15) is 0 Å². The maximum atomic E-state index is 13.6. The smallest absolute Gasteiger partial charge is 0.273 e. The van der Waals surface area contributed by atoms with E-state index in [1.165, 1.54) is 10.3 Å². The first-order valence-corrected chi connectivity index (χ1v) is 13.0. The molecule has 0 bridgehead atoms. The summed E-state index contributed by atoms with van der Waals surface area (Å²) < 4.78 is 3.79. The lowest BCUT2D eigenvalue weighted by atomic mass is 10.0. The van der Waals surface area contributed by atoms with Crippen LogP contribution >= 0.6 is 0 Å². The number of rotatable bonds is 5. The summed E-state index contributed by atoms with van der Waals surface area (Å²) in [5, 5.41) is 5.13. The van der Waals surface area contributed by atoms with Crippen LogP contribution in [0.25, 0.3) is 11.1 Å². The monoisotopic (exact) mass is 513 g/mol. The van der Waals surface area contributed by atoms with Gasteiger partial charge in [-0.3, -0.25) is 19.3 Å². The van der Waals surface area contributed by atoms with Gasteiger partial charge in [0, 0.05) is 68.6 Å². The zero-order chi connectivity index (χ0) is 26.6. The van der Waals surface area contributed by atoms with E-state index in [-0.39, 0.29) is 17.6 Å². The summed E-state index contributed by atoms with van der Waals surface area (Å²) in [6, 6.07) is 5.51. The van der Waals surface area contributed by atoms with Crippen LogP contribution in [-0.2, 0) is 26.4 Å². The molecule has 38 heavy (non-hydrogen) atoms. The van der Waals surface area contributed by atoms with Crippen molar-refractivity contribution in [1.29, 1.82) is 0 Å². The van der Waals surface area contributed by atoms with Gasteiger partial charge in [-0.25, -0.2) is 10.4 Å². The van der Waals surface area contributed by atoms with Crippen LogP contribution in [0.5, 0.6) is 0 Å². The Kier molecular flexibility index (Phi) is 5.91. The molecule has 0 saturated carbocycles. The van der Waals surface area contributed by atoms with Crippen molar-refractivity contribution in [2.75, 3.05) is 23.8 Å². The largest absolute Gasteiger partial charge is 0.361 e. The number of hydrogen-bond donors (Lipinski definition) is 2. The zero-order valence-electron chi connectivity index (χ0n) is 21.8. The first kappa shape index (κ1) is 24.2. The van der Waals surface area contributed by atoms with Gasteiger partial charge in [0.1, 0.15) is 17.7 Å². The number of carbonyl (C=O) groups excluding carboxylic acids is 2. The van der Waals surface area contributed by atoms with Gasteiger partial charge in [0.15, 0.2) is 6.29 Å². The van der Waals surface area contributed by atoms with Gasteiger partial charge in [-0.05, 0) is 56.0 Å². The van der Waals surface area contributed by atoms with Crippen molar-refractivity contribution in [2.24, 2.45) is 7.05 Å². The Morgan fingerprint density at radius 2 is 1.95 bits per heavy atom. The number of carbonyl (C=O) groups is 2. The average Bonchev–Trinajstić information content (AvgIpc) is 3.45. The molecule has 0 radical (unpaired) electrons. The van der Waals surface area contributed by atoms with Crippen molar-refractivity contribution in [1.82, 2.24) is 24.6 Å². The highest BCUT2D eigenvalue weighted by Crippen LogP contribution is 2.34. The van der Waals surface area contributed by atoms with Gasteiger partial charge in [0.25, 0.3) is 11.5 Å². The normalized spacial score (nSPS) is 18.8. The lowest BCUT2D eigenvalue weighted by Gasteiger charge is -2.29. The molecule has 3 aromatic heterocycles. The Labute approximate surface area is 220 Å². The number of aryl methyl sites for hydroxylation is 2. The molecule has 0 spiro atoms. The van der Waals surface area contributed by atoms with Gasteiger partial charge in [0.05, 0.1) is 11.1 Å². The fourth-order valence-electron chi connectivity index (χ4n) is 5.78. The fourth-order valence-corrected chi connectivity index (χ4v) is 5.78. The summed E-state index contributed by atoms with van der Waals surface area (Å²) in [4.78, 5) is 45.1. The molecule has 2 N–H and O–H groups in total. The summed E-state index contributed by atoms with van der Waals surface area (Å²) in [6.45, 7) is 3.39. The van der Waals surface area contributed by atoms with Gasteiger partial charge in [0.2, 0.25) is 0 Å². The van der Waals surface area contributed by atoms with Crippen molar-refractivity contribution < 1.29 is 9.59 Å². The summed E-state index contributed by atoms with van der Waals surface area (Å²) in [5.74, 6) is 0.223. The number of nitrogens with one attached hydrogen (secondary N) is 2. The lowest BCUT2D eigenvalue weighted by molar-refractivity contribution is 0.0979. The molecule has 1 unspecified atom stereocenters. The second kappa shape index (κ2) is 9.29. The van der Waals surface area contributed by atoms with Crippen LogP contribution < -0.4 is 21.2 Å². The quantitative estimate of drug-likeness (QED) is 0.506. The predicted octanol–water partition coefficient (Wildman–Crippen LogP) is 2.69. The van der Waals surface area contributed by atoms with Gasteiger partial charge < -0.3 is 19.5 Å². The van der Waals surface area contributed by atoms with E-state index in [1.807, 2.05) is 31.1 Å². The number of hydrogen-bond acceptors (Lipinski definition) is 7. The third-order valence-corrected chi connectivity index (χ3v) is 7.82. The third kappa shape index (κ3) is 3.92. The Hall–Kier alpha value is -4.18. The molecule has 10 nitrogen and oxygen atoms in total. The van der Waals surface area contributed by atoms with E-state index in [0.29, 0.717) is 40.3 Å². The molecular weight excluding hydrogens is 482 g/mol. The van der Waals surface area contributed by atoms with Crippen molar-refractivity contribution in [3.8, 4) is 11.1 Å². The van der Waals surface area contributed by atoms with Gasteiger partial charge in [-0.15, -0.1) is 0 Å². The number of pyridine rings is 2. The SMILES string of the molecule is CC1=CC(Nc2cc(-c3ccnc(N4CCc5c(cc6n5CCCC6)C4=O)c3C=O)cn(C)c2=O)NN1C. The van der Waals surface area contributed by atoms with Crippen LogP contribution in [0.1, 0.15) is 51.9 Å². The standard InChI is InChI=1S/C28H31N7O3/c1-17-12-25(31-33(17)3)30-23-13-18(15-32(2)28(23)38)20-7-9-29-26(22(20)16-36)35-11-8-24-21(27(35)37)14-19-6-4-5-10-34(19)24/h7,9,12-16,25,30-31H,4-6,8,10-11H2,1-3H3. The molecule has 1 amide bonds. The number of allylic oxidation sites excluding steroid dienone is 1. The van der Waals surface area contributed by atoms with Gasteiger partial charge in [-0.1, -0.05) is 0 Å². The number of anilines is 2. The number of hydrazine groups is 1. The average molecular weight is 514 g/mol. The number of aldehydes is 1. The van der Waals surface area contributed by atoms with Crippen LogP contribution in [0.3, 0.4) is 0 Å². The third-order valence-electron chi connectivity index (χ3n) is 7.82. The molecule has 10 heteroatoms. The molecule has 0 fully saturated rings. The number of amides is 1. The second-order valence-corrected chi connectivity index (χ2v) is 10.2. The van der Waals surface area contributed by atoms with Crippen LogP contribution in [0.2, 0.25) is 0 Å². The lowest BCUT2D eigenvalue weighted by Crippen LogP contribution is -2.39. The van der Waals surface area contributed by atoms with E-state index in [9.17, 15) is 14.4 Å². The molecule has 6 rings (SSSR count). The van der Waals surface area contributed by atoms with E-state index in [2.05, 4.69) is 20.3 Å². The predicted molar refractivity (Wildman–Crippen MR) is 145 cm³/mol. The number of nitrogens with zero attached hydrogens (tertiary/aromatic N) is 5. The van der Waals surface area contributed by atoms with Crippen molar-refractivity contribution >= 4 is 23.7 Å². The Balaban J connectivity index is 1.37. The van der Waals surface area contributed by atoms with Crippen molar-refractivity contribution in [3.05, 3.63) is 75.2 Å². The molecule has 3 aliphatic rings. The van der Waals surface area contributed by atoms with Gasteiger partial charge >= 0.3 is 0 Å². The van der Waals surface area contributed by atoms with E-state index in [0.717, 1.165) is 49.9 Å². The highest BCUT2D eigenvalue weighted by atomic mass is 16.2. The highest BCUT2D eigenvalue weighted by Gasteiger charge is 2.33. The highest BCUT2D eigenvalue weighted by molar-refractivity contribution is 6.10. The number of aromatic nitrogens is 3. The van der Waals surface area contributed by atoms with Crippen LogP contribution in [-0.4, -0.2) is 51.1 Å². The maximum absolute atomic E-state index is 13.6. The molecule has 6 heterocycles. The topological polar surface area (TPSA) is 104 Å². The summed E-state index contributed by atoms with van der Waals surface area (Å²) in [5.41, 5.74) is 9.12. The molecule has 0 saturated heterocycles. The summed E-state index contributed by atoms with van der Waals surface area (Å²) in [7, 11) is 3.59. The van der Waals surface area contributed by atoms with E-state index in [4.69, 9.17) is 0 Å². The van der Waals surface area contributed by atoms with Crippen LogP contribution in [0.15, 0.2) is 47.2 Å². The zero-order valence-corrected chi connectivity index (χ0v) is 21.8. The van der Waals surface area contributed by atoms with Crippen LogP contribution in [0, 0.1) is 0 Å². The molecule has 3 aromatic rings. The minimum atomic E-state index is -0.241. The molecule has 0 aliphatic carbocycles. The first-order valence-electron chi connectivity index (χ1n) is 13.0. The maximum Gasteiger partial charge on any atom is 0.273 e. The Morgan fingerprint density at radius 3 is 2.71 bits per heavy atom. The molecule has 3 aliphatic heterocycles.